The molecule has 1 aromatic rings. The summed E-state index contributed by atoms with van der Waals surface area (Å²) in [6.07, 6.45) is 0. The molecule has 5 N–H and O–H groups in total. The minimum Gasteiger partial charge on any atom is -0.351 e. The summed E-state index contributed by atoms with van der Waals surface area (Å²) in [6, 6.07) is 8.81. The molecule has 0 fully saturated rings. The Hall–Kier alpha value is -1.88. The van der Waals surface area contributed by atoms with Crippen LogP contribution in [-0.2, 0) is 4.79 Å². The summed E-state index contributed by atoms with van der Waals surface area (Å²) < 4.78 is 0. The van der Waals surface area contributed by atoms with Crippen LogP contribution in [0.4, 0.5) is 4.79 Å². The van der Waals surface area contributed by atoms with E-state index in [0.29, 0.717) is 0 Å². The maximum Gasteiger partial charge on any atom is 0.319 e. The van der Waals surface area contributed by atoms with Gasteiger partial charge in [0.2, 0.25) is 0 Å². The van der Waals surface area contributed by atoms with Gasteiger partial charge in [0.1, 0.15) is 6.04 Å². The molecule has 3 amide bonds. The Bertz CT molecular complexity index is 392. The topological polar surface area (TPSA) is 88.8 Å². The smallest absolute Gasteiger partial charge is 0.319 e. The van der Waals surface area contributed by atoms with Gasteiger partial charge < -0.3 is 11.1 Å². The Kier molecular flexibility index (Phi) is 4.66. The molecule has 5 heteroatoms. The first-order valence-corrected chi connectivity index (χ1v) is 5.51. The van der Waals surface area contributed by atoms with Crippen LogP contribution in [0.25, 0.3) is 0 Å². The van der Waals surface area contributed by atoms with E-state index in [4.69, 9.17) is 5.73 Å². The van der Waals surface area contributed by atoms with Gasteiger partial charge in [0, 0.05) is 5.56 Å². The fourth-order valence-corrected chi connectivity index (χ4v) is 1.62. The molecule has 0 unspecified atom stereocenters. The average Bonchev–Trinajstić information content (AvgIpc) is 2.29. The maximum absolute atomic E-state index is 11.5. The first-order chi connectivity index (χ1) is 8.00. The molecule has 0 saturated heterocycles. The van der Waals surface area contributed by atoms with Gasteiger partial charge in [-0.25, -0.2) is 4.79 Å². The van der Waals surface area contributed by atoms with E-state index >= 15 is 0 Å². The SMILES string of the molecule is C[C@@H]([NH2+][C@H](C)c1ccccc1)C(=O)NC(N)=O. The highest BCUT2D eigenvalue weighted by molar-refractivity contribution is 5.95. The minimum atomic E-state index is -0.817. The summed E-state index contributed by atoms with van der Waals surface area (Å²) in [5.41, 5.74) is 6.02. The molecule has 0 radical (unpaired) electrons. The molecule has 0 spiro atoms. The van der Waals surface area contributed by atoms with Crippen molar-refractivity contribution < 1.29 is 14.9 Å². The molecule has 5 nitrogen and oxygen atoms in total. The van der Waals surface area contributed by atoms with Crippen LogP contribution in [0.2, 0.25) is 0 Å². The molecule has 0 aromatic heterocycles. The van der Waals surface area contributed by atoms with E-state index in [-0.39, 0.29) is 18.0 Å². The molecule has 0 aliphatic heterocycles. The number of benzene rings is 1. The Morgan fingerprint density at radius 3 is 2.35 bits per heavy atom. The van der Waals surface area contributed by atoms with Crippen molar-refractivity contribution in [3.63, 3.8) is 0 Å². The number of rotatable bonds is 4. The Morgan fingerprint density at radius 2 is 1.82 bits per heavy atom. The van der Waals surface area contributed by atoms with Gasteiger partial charge in [0.25, 0.3) is 5.91 Å². The lowest BCUT2D eigenvalue weighted by atomic mass is 10.1. The lowest BCUT2D eigenvalue weighted by Crippen LogP contribution is -2.92. The molecule has 0 saturated carbocycles. The van der Waals surface area contributed by atoms with E-state index < -0.39 is 6.03 Å². The van der Waals surface area contributed by atoms with Gasteiger partial charge in [-0.1, -0.05) is 30.3 Å². The number of amides is 3. The lowest BCUT2D eigenvalue weighted by Gasteiger charge is -2.15. The fraction of sp³-hybridized carbons (Fsp3) is 0.333. The molecule has 2 atom stereocenters. The summed E-state index contributed by atoms with van der Waals surface area (Å²) in [6.45, 7) is 3.74. The molecule has 1 aromatic carbocycles. The zero-order valence-electron chi connectivity index (χ0n) is 10.0. The summed E-state index contributed by atoms with van der Waals surface area (Å²) in [5.74, 6) is -0.375. The number of hydrogen-bond donors (Lipinski definition) is 3. The zero-order valence-corrected chi connectivity index (χ0v) is 10.0. The highest BCUT2D eigenvalue weighted by Gasteiger charge is 2.20. The van der Waals surface area contributed by atoms with Crippen LogP contribution in [0, 0.1) is 0 Å². The second-order valence-electron chi connectivity index (χ2n) is 4.03. The van der Waals surface area contributed by atoms with Gasteiger partial charge in [-0.15, -0.1) is 0 Å². The molecular weight excluding hydrogens is 218 g/mol. The van der Waals surface area contributed by atoms with Crippen LogP contribution in [0.15, 0.2) is 30.3 Å². The zero-order chi connectivity index (χ0) is 12.8. The van der Waals surface area contributed by atoms with E-state index in [1.807, 2.05) is 42.6 Å². The monoisotopic (exact) mass is 236 g/mol. The quantitative estimate of drug-likeness (QED) is 0.681. The highest BCUT2D eigenvalue weighted by atomic mass is 16.2. The maximum atomic E-state index is 11.5. The van der Waals surface area contributed by atoms with Gasteiger partial charge in [-0.05, 0) is 13.8 Å². The van der Waals surface area contributed by atoms with Crippen molar-refractivity contribution in [1.29, 1.82) is 0 Å². The Labute approximate surface area is 100 Å². The number of carbonyl (C=O) groups excluding carboxylic acids is 2. The first kappa shape index (κ1) is 13.2. The second-order valence-corrected chi connectivity index (χ2v) is 4.03. The van der Waals surface area contributed by atoms with Crippen LogP contribution in [0.5, 0.6) is 0 Å². The van der Waals surface area contributed by atoms with Crippen LogP contribution in [-0.4, -0.2) is 18.0 Å². The predicted molar refractivity (Wildman–Crippen MR) is 64.0 cm³/mol. The second kappa shape index (κ2) is 6.00. The molecular formula is C12H18N3O2+. The summed E-state index contributed by atoms with van der Waals surface area (Å²) in [7, 11) is 0. The largest absolute Gasteiger partial charge is 0.351 e. The van der Waals surface area contributed by atoms with E-state index in [2.05, 4.69) is 5.32 Å². The number of nitrogens with one attached hydrogen (secondary N) is 1. The number of urea groups is 1. The molecule has 0 aliphatic carbocycles. The van der Waals surface area contributed by atoms with E-state index in [9.17, 15) is 9.59 Å². The van der Waals surface area contributed by atoms with Crippen molar-refractivity contribution >= 4 is 11.9 Å². The average molecular weight is 236 g/mol. The molecule has 17 heavy (non-hydrogen) atoms. The van der Waals surface area contributed by atoms with Crippen molar-refractivity contribution in [2.75, 3.05) is 0 Å². The molecule has 0 bridgehead atoms. The normalized spacial score (nSPS) is 13.8. The van der Waals surface area contributed by atoms with Crippen molar-refractivity contribution in [1.82, 2.24) is 5.32 Å². The summed E-state index contributed by atoms with van der Waals surface area (Å²) in [4.78, 5) is 22.0. The van der Waals surface area contributed by atoms with Crippen molar-refractivity contribution in [2.45, 2.75) is 25.9 Å². The number of primary amides is 1. The molecule has 1 rings (SSSR count). The van der Waals surface area contributed by atoms with Gasteiger partial charge in [-0.3, -0.25) is 10.1 Å². The van der Waals surface area contributed by atoms with Gasteiger partial charge in [-0.2, -0.15) is 0 Å². The Balaban J connectivity index is 2.54. The number of nitrogens with two attached hydrogens (primary N) is 2. The summed E-state index contributed by atoms with van der Waals surface area (Å²) in [5, 5.41) is 3.95. The third kappa shape index (κ3) is 4.24. The van der Waals surface area contributed by atoms with Crippen LogP contribution < -0.4 is 16.4 Å². The predicted octanol–water partition coefficient (Wildman–Crippen LogP) is -0.106. The highest BCUT2D eigenvalue weighted by Crippen LogP contribution is 2.06. The number of hydrogen-bond acceptors (Lipinski definition) is 2. The molecule has 0 aliphatic rings. The molecule has 0 heterocycles. The van der Waals surface area contributed by atoms with Crippen LogP contribution in [0.3, 0.4) is 0 Å². The van der Waals surface area contributed by atoms with E-state index in [0.717, 1.165) is 5.56 Å². The van der Waals surface area contributed by atoms with Crippen LogP contribution >= 0.6 is 0 Å². The van der Waals surface area contributed by atoms with Crippen molar-refractivity contribution in [3.05, 3.63) is 35.9 Å². The third-order valence-corrected chi connectivity index (χ3v) is 2.56. The Morgan fingerprint density at radius 1 is 1.24 bits per heavy atom. The lowest BCUT2D eigenvalue weighted by molar-refractivity contribution is -0.710. The van der Waals surface area contributed by atoms with E-state index in [1.54, 1.807) is 6.92 Å². The fourth-order valence-electron chi connectivity index (χ4n) is 1.62. The standard InChI is InChI=1S/C12H17N3O2/c1-8(10-6-4-3-5-7-10)14-9(2)11(16)15-12(13)17/h3-9,14H,1-2H3,(H3,13,15,16,17)/p+1/t8-,9-/m1/s1. The molecule has 92 valence electrons. The van der Waals surface area contributed by atoms with E-state index in [1.165, 1.54) is 0 Å². The number of quaternary nitrogens is 1. The third-order valence-electron chi connectivity index (χ3n) is 2.56. The van der Waals surface area contributed by atoms with Crippen molar-refractivity contribution in [3.8, 4) is 0 Å². The van der Waals surface area contributed by atoms with Crippen molar-refractivity contribution in [2.24, 2.45) is 5.73 Å². The minimum absolute atomic E-state index is 0.143. The van der Waals surface area contributed by atoms with Gasteiger partial charge in [0.05, 0.1) is 0 Å². The summed E-state index contributed by atoms with van der Waals surface area (Å²) >= 11 is 0. The van der Waals surface area contributed by atoms with Gasteiger partial charge >= 0.3 is 6.03 Å². The number of carbonyl (C=O) groups is 2. The number of imide groups is 1. The van der Waals surface area contributed by atoms with Crippen LogP contribution in [0.1, 0.15) is 25.5 Å². The van der Waals surface area contributed by atoms with Gasteiger partial charge in [0.15, 0.2) is 6.04 Å². The first-order valence-electron chi connectivity index (χ1n) is 5.51.